The van der Waals surface area contributed by atoms with Crippen molar-refractivity contribution in [3.63, 3.8) is 0 Å². The van der Waals surface area contributed by atoms with E-state index in [4.69, 9.17) is 0 Å². The van der Waals surface area contributed by atoms with Crippen LogP contribution in [0, 0.1) is 17.8 Å². The van der Waals surface area contributed by atoms with Gasteiger partial charge in [0.1, 0.15) is 0 Å². The molecule has 0 atom stereocenters. The van der Waals surface area contributed by atoms with Crippen molar-refractivity contribution in [2.75, 3.05) is 13.6 Å². The molecule has 0 heterocycles. The molecule has 0 saturated heterocycles. The van der Waals surface area contributed by atoms with E-state index in [2.05, 4.69) is 10.0 Å². The highest BCUT2D eigenvalue weighted by Crippen LogP contribution is 2.48. The van der Waals surface area contributed by atoms with E-state index in [-0.39, 0.29) is 0 Å². The van der Waals surface area contributed by atoms with Crippen molar-refractivity contribution < 1.29 is 8.42 Å². The van der Waals surface area contributed by atoms with E-state index in [0.29, 0.717) is 17.4 Å². The van der Waals surface area contributed by atoms with Crippen LogP contribution in [-0.2, 0) is 16.6 Å². The first-order valence-electron chi connectivity index (χ1n) is 7.83. The van der Waals surface area contributed by atoms with Gasteiger partial charge >= 0.3 is 0 Å². The van der Waals surface area contributed by atoms with Crippen LogP contribution < -0.4 is 10.0 Å². The second-order valence-electron chi connectivity index (χ2n) is 6.36. The molecule has 4 nitrogen and oxygen atoms in total. The molecule has 0 unspecified atom stereocenters. The molecular formula is C16H24N2O2S. The van der Waals surface area contributed by atoms with Crippen LogP contribution in [0.15, 0.2) is 29.2 Å². The molecule has 0 aromatic heterocycles. The lowest BCUT2D eigenvalue weighted by Crippen LogP contribution is -2.31. The van der Waals surface area contributed by atoms with Gasteiger partial charge in [-0.3, -0.25) is 0 Å². The minimum Gasteiger partial charge on any atom is -0.316 e. The molecule has 1 aromatic rings. The van der Waals surface area contributed by atoms with Gasteiger partial charge in [0.25, 0.3) is 0 Å². The Kier molecular flexibility index (Phi) is 4.33. The normalized spacial score (nSPS) is 19.1. The zero-order valence-corrected chi connectivity index (χ0v) is 13.3. The second-order valence-corrected chi connectivity index (χ2v) is 8.13. The lowest BCUT2D eigenvalue weighted by atomic mass is 9.99. The van der Waals surface area contributed by atoms with Gasteiger partial charge in [-0.1, -0.05) is 12.1 Å². The van der Waals surface area contributed by atoms with E-state index in [0.717, 1.165) is 23.9 Å². The Labute approximate surface area is 127 Å². The third-order valence-electron chi connectivity index (χ3n) is 4.58. The Bertz CT molecular complexity index is 563. The molecule has 1 aromatic carbocycles. The predicted molar refractivity (Wildman–Crippen MR) is 83.3 cm³/mol. The topological polar surface area (TPSA) is 58.2 Å². The minimum atomic E-state index is -3.37. The summed E-state index contributed by atoms with van der Waals surface area (Å²) in [7, 11) is -1.49. The molecule has 2 aliphatic carbocycles. The van der Waals surface area contributed by atoms with Gasteiger partial charge in [0.2, 0.25) is 10.0 Å². The van der Waals surface area contributed by atoms with Crippen molar-refractivity contribution in [1.82, 2.24) is 10.0 Å². The fourth-order valence-electron chi connectivity index (χ4n) is 3.05. The summed E-state index contributed by atoms with van der Waals surface area (Å²) in [5, 5.41) is 3.06. The van der Waals surface area contributed by atoms with E-state index >= 15 is 0 Å². The zero-order valence-electron chi connectivity index (χ0n) is 12.5. The first kappa shape index (κ1) is 15.0. The Morgan fingerprint density at radius 3 is 2.14 bits per heavy atom. The maximum atomic E-state index is 12.4. The number of hydrogen-bond acceptors (Lipinski definition) is 3. The van der Waals surface area contributed by atoms with Gasteiger partial charge in [-0.15, -0.1) is 0 Å². The molecule has 116 valence electrons. The number of hydrogen-bond donors (Lipinski definition) is 2. The number of benzene rings is 1. The van der Waals surface area contributed by atoms with Crippen molar-refractivity contribution in [3.05, 3.63) is 29.8 Å². The highest BCUT2D eigenvalue weighted by Gasteiger charge is 2.41. The molecular weight excluding hydrogens is 284 g/mol. The summed E-state index contributed by atoms with van der Waals surface area (Å²) in [5.41, 5.74) is 1.09. The fourth-order valence-corrected chi connectivity index (χ4v) is 4.12. The first-order valence-corrected chi connectivity index (χ1v) is 9.31. The van der Waals surface area contributed by atoms with Crippen molar-refractivity contribution in [1.29, 1.82) is 0 Å². The predicted octanol–water partition coefficient (Wildman–Crippen LogP) is 2.12. The molecule has 3 rings (SSSR count). The molecule has 2 N–H and O–H groups in total. The molecule has 2 fully saturated rings. The van der Waals surface area contributed by atoms with Crippen molar-refractivity contribution in [2.45, 2.75) is 37.1 Å². The van der Waals surface area contributed by atoms with Crippen LogP contribution >= 0.6 is 0 Å². The molecule has 0 bridgehead atoms. The van der Waals surface area contributed by atoms with Gasteiger partial charge in [0.05, 0.1) is 4.90 Å². The summed E-state index contributed by atoms with van der Waals surface area (Å²) >= 11 is 0. The van der Waals surface area contributed by atoms with Crippen LogP contribution in [0.4, 0.5) is 0 Å². The average molecular weight is 308 g/mol. The maximum Gasteiger partial charge on any atom is 0.240 e. The summed E-state index contributed by atoms with van der Waals surface area (Å²) in [6, 6.07) is 7.12. The molecule has 21 heavy (non-hydrogen) atoms. The van der Waals surface area contributed by atoms with Crippen LogP contribution in [0.3, 0.4) is 0 Å². The largest absolute Gasteiger partial charge is 0.316 e. The fraction of sp³-hybridized carbons (Fsp3) is 0.625. The van der Waals surface area contributed by atoms with E-state index in [1.807, 2.05) is 19.2 Å². The standard InChI is InChI=1S/C16H24N2O2S/c1-17-10-12-2-8-15(9-3-12)21(19,20)18-11-16(13-4-5-13)14-6-7-14/h2-3,8-9,13-14,16-18H,4-7,10-11H2,1H3. The third kappa shape index (κ3) is 3.84. The number of sulfonamides is 1. The highest BCUT2D eigenvalue weighted by molar-refractivity contribution is 7.89. The van der Waals surface area contributed by atoms with Crippen molar-refractivity contribution in [2.24, 2.45) is 17.8 Å². The Morgan fingerprint density at radius 1 is 1.10 bits per heavy atom. The molecule has 0 spiro atoms. The monoisotopic (exact) mass is 308 g/mol. The van der Waals surface area contributed by atoms with Crippen LogP contribution in [-0.4, -0.2) is 22.0 Å². The van der Waals surface area contributed by atoms with Gasteiger partial charge in [-0.2, -0.15) is 0 Å². The second kappa shape index (κ2) is 6.07. The number of nitrogens with one attached hydrogen (secondary N) is 2. The molecule has 2 saturated carbocycles. The van der Waals surface area contributed by atoms with E-state index in [9.17, 15) is 8.42 Å². The summed E-state index contributed by atoms with van der Waals surface area (Å²) in [5.74, 6) is 2.08. The van der Waals surface area contributed by atoms with Crippen molar-refractivity contribution >= 4 is 10.0 Å². The van der Waals surface area contributed by atoms with Crippen LogP contribution in [0.5, 0.6) is 0 Å². The molecule has 0 amide bonds. The molecule has 5 heteroatoms. The quantitative estimate of drug-likeness (QED) is 0.773. The average Bonchev–Trinajstić information content (AvgIpc) is 3.34. The van der Waals surface area contributed by atoms with Crippen LogP contribution in [0.1, 0.15) is 31.2 Å². The third-order valence-corrected chi connectivity index (χ3v) is 6.02. The van der Waals surface area contributed by atoms with Gasteiger partial charge in [0, 0.05) is 13.1 Å². The van der Waals surface area contributed by atoms with Crippen LogP contribution in [0.25, 0.3) is 0 Å². The van der Waals surface area contributed by atoms with E-state index in [1.165, 1.54) is 25.7 Å². The summed E-state index contributed by atoms with van der Waals surface area (Å²) in [6.45, 7) is 1.36. The van der Waals surface area contributed by atoms with Gasteiger partial charge < -0.3 is 5.32 Å². The SMILES string of the molecule is CNCc1ccc(S(=O)(=O)NCC(C2CC2)C2CC2)cc1. The Morgan fingerprint density at radius 2 is 1.67 bits per heavy atom. The summed E-state index contributed by atoms with van der Waals surface area (Å²) < 4.78 is 27.6. The lowest BCUT2D eigenvalue weighted by Gasteiger charge is -2.16. The van der Waals surface area contributed by atoms with E-state index < -0.39 is 10.0 Å². The van der Waals surface area contributed by atoms with Gasteiger partial charge in [-0.05, 0) is 68.2 Å². The Hall–Kier alpha value is -0.910. The molecule has 2 aliphatic rings. The zero-order chi connectivity index (χ0) is 14.9. The smallest absolute Gasteiger partial charge is 0.240 e. The first-order chi connectivity index (χ1) is 10.1. The highest BCUT2D eigenvalue weighted by atomic mass is 32.2. The number of rotatable bonds is 8. The van der Waals surface area contributed by atoms with Gasteiger partial charge in [-0.25, -0.2) is 13.1 Å². The summed E-state index contributed by atoms with van der Waals surface area (Å²) in [4.78, 5) is 0.368. The van der Waals surface area contributed by atoms with Crippen molar-refractivity contribution in [3.8, 4) is 0 Å². The summed E-state index contributed by atoms with van der Waals surface area (Å²) in [6.07, 6.45) is 5.12. The minimum absolute atomic E-state index is 0.368. The Balaban J connectivity index is 1.62. The van der Waals surface area contributed by atoms with Gasteiger partial charge in [0.15, 0.2) is 0 Å². The van der Waals surface area contributed by atoms with E-state index in [1.54, 1.807) is 12.1 Å². The maximum absolute atomic E-state index is 12.4. The molecule has 0 aliphatic heterocycles. The van der Waals surface area contributed by atoms with Crippen LogP contribution in [0.2, 0.25) is 0 Å². The molecule has 0 radical (unpaired) electrons. The lowest BCUT2D eigenvalue weighted by molar-refractivity contribution is 0.401.